The van der Waals surface area contributed by atoms with E-state index < -0.39 is 11.7 Å². The highest BCUT2D eigenvalue weighted by molar-refractivity contribution is 5.09. The molecule has 1 nitrogen and oxygen atoms in total. The number of nitrogens with one attached hydrogen (secondary N) is 1. The van der Waals surface area contributed by atoms with E-state index in [1.807, 2.05) is 6.92 Å². The van der Waals surface area contributed by atoms with Crippen LogP contribution in [0.1, 0.15) is 39.0 Å². The van der Waals surface area contributed by atoms with Crippen molar-refractivity contribution in [1.82, 2.24) is 5.32 Å². The van der Waals surface area contributed by atoms with Gasteiger partial charge in [-0.25, -0.2) is 0 Å². The summed E-state index contributed by atoms with van der Waals surface area (Å²) in [6.45, 7) is 2.04. The van der Waals surface area contributed by atoms with Crippen LogP contribution in [-0.4, -0.2) is 17.8 Å². The largest absolute Gasteiger partial charge is 0.406 e. The molecule has 4 heteroatoms. The first-order valence-electron chi connectivity index (χ1n) is 5.29. The van der Waals surface area contributed by atoms with Gasteiger partial charge in [0.2, 0.25) is 0 Å². The number of alkyl halides is 3. The summed E-state index contributed by atoms with van der Waals surface area (Å²) in [5.41, 5.74) is -1.52. The Morgan fingerprint density at radius 3 is 2.21 bits per heavy atom. The SMILES string of the molecule is CC1CCCC1NC1(C(F)(F)F)CC1. The van der Waals surface area contributed by atoms with Gasteiger partial charge in [0, 0.05) is 6.04 Å². The minimum atomic E-state index is -4.06. The zero-order valence-electron chi connectivity index (χ0n) is 8.32. The molecule has 0 aliphatic heterocycles. The fourth-order valence-electron chi connectivity index (χ4n) is 2.35. The lowest BCUT2D eigenvalue weighted by atomic mass is 10.0. The highest BCUT2D eigenvalue weighted by Crippen LogP contribution is 2.50. The molecule has 0 aromatic carbocycles. The van der Waals surface area contributed by atoms with Crippen molar-refractivity contribution < 1.29 is 13.2 Å². The zero-order valence-corrected chi connectivity index (χ0v) is 8.32. The molecule has 82 valence electrons. The standard InChI is InChI=1S/C10H16F3N/c1-7-3-2-4-8(7)14-9(5-6-9)10(11,12)13/h7-8,14H,2-6H2,1H3. The average molecular weight is 207 g/mol. The van der Waals surface area contributed by atoms with Crippen LogP contribution >= 0.6 is 0 Å². The Morgan fingerprint density at radius 2 is 1.86 bits per heavy atom. The van der Waals surface area contributed by atoms with E-state index in [0.29, 0.717) is 5.92 Å². The average Bonchev–Trinajstić information content (AvgIpc) is 2.73. The lowest BCUT2D eigenvalue weighted by molar-refractivity contribution is -0.168. The van der Waals surface area contributed by atoms with E-state index in [-0.39, 0.29) is 18.9 Å². The van der Waals surface area contributed by atoms with Gasteiger partial charge in [-0.15, -0.1) is 0 Å². The number of rotatable bonds is 2. The van der Waals surface area contributed by atoms with Gasteiger partial charge >= 0.3 is 6.18 Å². The van der Waals surface area contributed by atoms with Gasteiger partial charge in [-0.05, 0) is 31.6 Å². The fourth-order valence-corrected chi connectivity index (χ4v) is 2.35. The van der Waals surface area contributed by atoms with E-state index in [1.165, 1.54) is 0 Å². The van der Waals surface area contributed by atoms with Gasteiger partial charge in [-0.2, -0.15) is 13.2 Å². The summed E-state index contributed by atoms with van der Waals surface area (Å²) in [4.78, 5) is 0. The molecule has 2 unspecified atom stereocenters. The van der Waals surface area contributed by atoms with Crippen molar-refractivity contribution >= 4 is 0 Å². The molecular formula is C10H16F3N. The predicted molar refractivity (Wildman–Crippen MR) is 48.0 cm³/mol. The maximum atomic E-state index is 12.6. The molecular weight excluding hydrogens is 191 g/mol. The molecule has 2 saturated carbocycles. The smallest absolute Gasteiger partial charge is 0.301 e. The van der Waals surface area contributed by atoms with Gasteiger partial charge in [-0.1, -0.05) is 13.3 Å². The van der Waals surface area contributed by atoms with Crippen molar-refractivity contribution in [3.63, 3.8) is 0 Å². The van der Waals surface area contributed by atoms with E-state index in [1.54, 1.807) is 0 Å². The summed E-state index contributed by atoms with van der Waals surface area (Å²) in [7, 11) is 0. The monoisotopic (exact) mass is 207 g/mol. The van der Waals surface area contributed by atoms with Crippen LogP contribution in [0.2, 0.25) is 0 Å². The molecule has 0 aromatic heterocycles. The highest BCUT2D eigenvalue weighted by Gasteiger charge is 2.64. The van der Waals surface area contributed by atoms with Crippen LogP contribution in [0.5, 0.6) is 0 Å². The van der Waals surface area contributed by atoms with E-state index in [2.05, 4.69) is 5.32 Å². The Labute approximate surface area is 82.1 Å². The van der Waals surface area contributed by atoms with Crippen LogP contribution < -0.4 is 5.32 Å². The Balaban J connectivity index is 1.97. The first kappa shape index (κ1) is 10.3. The predicted octanol–water partition coefficient (Wildman–Crippen LogP) is 2.86. The molecule has 1 N–H and O–H groups in total. The van der Waals surface area contributed by atoms with Crippen molar-refractivity contribution in [2.24, 2.45) is 5.92 Å². The third-order valence-electron chi connectivity index (χ3n) is 3.62. The van der Waals surface area contributed by atoms with E-state index in [0.717, 1.165) is 19.3 Å². The second kappa shape index (κ2) is 3.12. The van der Waals surface area contributed by atoms with Crippen LogP contribution in [0.4, 0.5) is 13.2 Å². The van der Waals surface area contributed by atoms with E-state index in [4.69, 9.17) is 0 Å². The maximum Gasteiger partial charge on any atom is 0.406 e. The van der Waals surface area contributed by atoms with Crippen LogP contribution in [0, 0.1) is 5.92 Å². The molecule has 0 radical (unpaired) electrons. The summed E-state index contributed by atoms with van der Waals surface area (Å²) in [6, 6.07) is 0.0825. The second-order valence-electron chi connectivity index (χ2n) is 4.74. The van der Waals surface area contributed by atoms with Gasteiger partial charge in [0.1, 0.15) is 5.54 Å². The molecule has 0 heterocycles. The Morgan fingerprint density at radius 1 is 1.21 bits per heavy atom. The first-order valence-corrected chi connectivity index (χ1v) is 5.29. The van der Waals surface area contributed by atoms with Crippen LogP contribution in [0.3, 0.4) is 0 Å². The number of hydrogen-bond donors (Lipinski definition) is 1. The first-order chi connectivity index (χ1) is 6.45. The quantitative estimate of drug-likeness (QED) is 0.734. The molecule has 2 fully saturated rings. The summed E-state index contributed by atoms with van der Waals surface area (Å²) in [6.07, 6.45) is -0.508. The van der Waals surface area contributed by atoms with Crippen molar-refractivity contribution in [3.05, 3.63) is 0 Å². The minimum absolute atomic E-state index is 0.0825. The van der Waals surface area contributed by atoms with Crippen LogP contribution in [0.25, 0.3) is 0 Å². The lowest BCUT2D eigenvalue weighted by Gasteiger charge is -2.27. The molecule has 2 atom stereocenters. The molecule has 2 rings (SSSR count). The Hall–Kier alpha value is -0.250. The number of hydrogen-bond acceptors (Lipinski definition) is 1. The molecule has 14 heavy (non-hydrogen) atoms. The molecule has 2 aliphatic rings. The van der Waals surface area contributed by atoms with E-state index >= 15 is 0 Å². The summed E-state index contributed by atoms with van der Waals surface area (Å²) >= 11 is 0. The number of halogens is 3. The lowest BCUT2D eigenvalue weighted by Crippen LogP contribution is -2.50. The molecule has 2 aliphatic carbocycles. The third-order valence-corrected chi connectivity index (χ3v) is 3.62. The zero-order chi connectivity index (χ0) is 10.4. The Kier molecular flexibility index (Phi) is 2.29. The summed E-state index contributed by atoms with van der Waals surface area (Å²) in [5.74, 6) is 0.398. The van der Waals surface area contributed by atoms with Crippen molar-refractivity contribution in [2.45, 2.75) is 56.8 Å². The summed E-state index contributed by atoms with van der Waals surface area (Å²) < 4.78 is 37.8. The molecule has 0 bridgehead atoms. The van der Waals surface area contributed by atoms with Crippen LogP contribution in [0.15, 0.2) is 0 Å². The maximum absolute atomic E-state index is 12.6. The molecule has 0 amide bonds. The molecule has 0 spiro atoms. The third kappa shape index (κ3) is 1.64. The molecule has 0 saturated heterocycles. The van der Waals surface area contributed by atoms with Crippen molar-refractivity contribution in [3.8, 4) is 0 Å². The fraction of sp³-hybridized carbons (Fsp3) is 1.00. The van der Waals surface area contributed by atoms with Gasteiger partial charge in [0.25, 0.3) is 0 Å². The molecule has 0 aromatic rings. The topological polar surface area (TPSA) is 12.0 Å². The van der Waals surface area contributed by atoms with E-state index in [9.17, 15) is 13.2 Å². The van der Waals surface area contributed by atoms with Crippen LogP contribution in [-0.2, 0) is 0 Å². The summed E-state index contributed by atoms with van der Waals surface area (Å²) in [5, 5.41) is 2.83. The second-order valence-corrected chi connectivity index (χ2v) is 4.74. The Bertz CT molecular complexity index is 220. The highest BCUT2D eigenvalue weighted by atomic mass is 19.4. The van der Waals surface area contributed by atoms with Gasteiger partial charge in [-0.3, -0.25) is 0 Å². The van der Waals surface area contributed by atoms with Crippen molar-refractivity contribution in [2.75, 3.05) is 0 Å². The van der Waals surface area contributed by atoms with Gasteiger partial charge in [0.15, 0.2) is 0 Å². The van der Waals surface area contributed by atoms with Gasteiger partial charge in [0.05, 0.1) is 0 Å². The minimum Gasteiger partial charge on any atom is -0.301 e. The van der Waals surface area contributed by atoms with Gasteiger partial charge < -0.3 is 5.32 Å². The normalized spacial score (nSPS) is 36.0. The van der Waals surface area contributed by atoms with Crippen molar-refractivity contribution in [1.29, 1.82) is 0 Å².